The Bertz CT molecular complexity index is 1300. The summed E-state index contributed by atoms with van der Waals surface area (Å²) in [5, 5.41) is 0. The van der Waals surface area contributed by atoms with Gasteiger partial charge in [0.15, 0.2) is 0 Å². The maximum Gasteiger partial charge on any atom is 0.130 e. The van der Waals surface area contributed by atoms with Gasteiger partial charge in [-0.15, -0.1) is 0 Å². The summed E-state index contributed by atoms with van der Waals surface area (Å²) in [7, 11) is 0. The molecule has 126 valence electrons. The Labute approximate surface area is 154 Å². The zero-order valence-electron chi connectivity index (χ0n) is 13.2. The highest BCUT2D eigenvalue weighted by Gasteiger charge is 2.13. The van der Waals surface area contributed by atoms with E-state index in [0.717, 1.165) is 55.8 Å². The molecule has 0 spiro atoms. The molecule has 0 amide bonds. The molecule has 26 heavy (non-hydrogen) atoms. The lowest BCUT2D eigenvalue weighted by atomic mass is 10.3. The number of rotatable bonds is 3. The van der Waals surface area contributed by atoms with E-state index in [2.05, 4.69) is 37.4 Å². The first-order valence-electron chi connectivity index (χ1n) is 8.04. The minimum Gasteiger partial charge on any atom is -0.293 e. The predicted octanol–water partition coefficient (Wildman–Crippen LogP) is 3.23. The molecule has 10 heteroatoms. The number of imidazole rings is 2. The Morgan fingerprint density at radius 3 is 1.62 bits per heavy atom. The van der Waals surface area contributed by atoms with Crippen LogP contribution in [0.2, 0.25) is 0 Å². The minimum absolute atomic E-state index is 0.687. The van der Waals surface area contributed by atoms with Gasteiger partial charge in [-0.3, -0.25) is 8.75 Å². The highest BCUT2D eigenvalue weighted by molar-refractivity contribution is 7.00. The molecule has 4 heterocycles. The Morgan fingerprint density at radius 2 is 1.12 bits per heavy atom. The van der Waals surface area contributed by atoms with Gasteiger partial charge in [0, 0.05) is 36.3 Å². The van der Waals surface area contributed by atoms with E-state index >= 15 is 0 Å². The monoisotopic (exact) mass is 378 g/mol. The fourth-order valence-corrected chi connectivity index (χ4v) is 4.33. The third-order valence-electron chi connectivity index (χ3n) is 4.40. The lowest BCUT2D eigenvalue weighted by Gasteiger charge is -1.91. The molecule has 0 fully saturated rings. The standard InChI is InChI=1S/C16H10N8S2/c1-3-9-15(23-25-21-9)13-7(1)17-11(19-13)5-6-12-18-8-2-4-10-16(14(8)20-12)24-26-22-10/h1-4,21-22H,5-6H2. The maximum absolute atomic E-state index is 4.67. The third-order valence-corrected chi connectivity index (χ3v) is 5.57. The molecule has 0 atom stereocenters. The van der Waals surface area contributed by atoms with Crippen molar-refractivity contribution < 1.29 is 0 Å². The molecule has 0 radical (unpaired) electrons. The zero-order valence-corrected chi connectivity index (χ0v) is 14.9. The number of aryl methyl sites for hydroxylation is 2. The van der Waals surface area contributed by atoms with Gasteiger partial charge < -0.3 is 0 Å². The van der Waals surface area contributed by atoms with Gasteiger partial charge in [-0.2, -0.15) is 8.75 Å². The predicted molar refractivity (Wildman–Crippen MR) is 102 cm³/mol. The van der Waals surface area contributed by atoms with Crippen molar-refractivity contribution in [2.75, 3.05) is 0 Å². The second-order valence-electron chi connectivity index (χ2n) is 6.01. The molecule has 2 aromatic carbocycles. The number of benzene rings is 2. The summed E-state index contributed by atoms with van der Waals surface area (Å²) in [6.07, 6.45) is 1.37. The Morgan fingerprint density at radius 1 is 0.615 bits per heavy atom. The Kier molecular flexibility index (Phi) is 2.87. The number of aromatic amines is 2. The molecule has 6 rings (SSSR count). The van der Waals surface area contributed by atoms with Crippen molar-refractivity contribution in [3.63, 3.8) is 0 Å². The van der Waals surface area contributed by atoms with Crippen LogP contribution >= 0.6 is 23.5 Å². The zero-order chi connectivity index (χ0) is 17.1. The summed E-state index contributed by atoms with van der Waals surface area (Å²) in [5.74, 6) is 1.59. The average molecular weight is 378 g/mol. The first-order chi connectivity index (χ1) is 12.8. The maximum atomic E-state index is 4.67. The molecule has 0 unspecified atom stereocenters. The van der Waals surface area contributed by atoms with E-state index in [9.17, 15) is 0 Å². The molecule has 0 saturated carbocycles. The summed E-state index contributed by atoms with van der Waals surface area (Å²) in [5.41, 5.74) is 7.19. The third kappa shape index (κ3) is 2.06. The topological polar surface area (TPSA) is 109 Å². The lowest BCUT2D eigenvalue weighted by molar-refractivity contribution is 0.844. The van der Waals surface area contributed by atoms with Crippen LogP contribution in [0, 0.1) is 0 Å². The van der Waals surface area contributed by atoms with Gasteiger partial charge in [-0.1, -0.05) is 0 Å². The van der Waals surface area contributed by atoms with Crippen LogP contribution in [0.15, 0.2) is 24.3 Å². The molecule has 0 aliphatic heterocycles. The quantitative estimate of drug-likeness (QED) is 0.489. The van der Waals surface area contributed by atoms with E-state index in [1.165, 1.54) is 23.5 Å². The molecular weight excluding hydrogens is 368 g/mol. The van der Waals surface area contributed by atoms with E-state index in [-0.39, 0.29) is 0 Å². The number of aromatic nitrogens is 8. The molecule has 0 saturated heterocycles. The summed E-state index contributed by atoms with van der Waals surface area (Å²) >= 11 is 2.64. The van der Waals surface area contributed by atoms with E-state index in [1.807, 2.05) is 24.3 Å². The summed E-state index contributed by atoms with van der Waals surface area (Å²) in [4.78, 5) is 18.6. The van der Waals surface area contributed by atoms with Gasteiger partial charge in [-0.05, 0) is 24.3 Å². The SMILES string of the molecule is c1cc2[nH]snc2c2nc(CCc3nc4ccc5[nH]snc5c4n3)nc12. The van der Waals surface area contributed by atoms with E-state index < -0.39 is 0 Å². The molecule has 6 aromatic rings. The van der Waals surface area contributed by atoms with E-state index in [4.69, 9.17) is 0 Å². The summed E-state index contributed by atoms with van der Waals surface area (Å²) in [6.45, 7) is 0. The normalized spacial score (nSPS) is 12.2. The Balaban J connectivity index is 1.34. The highest BCUT2D eigenvalue weighted by atomic mass is 32.1. The second-order valence-corrected chi connectivity index (χ2v) is 7.15. The lowest BCUT2D eigenvalue weighted by Crippen LogP contribution is -1.95. The van der Waals surface area contributed by atoms with Crippen LogP contribution < -0.4 is 0 Å². The molecule has 0 aliphatic rings. The van der Waals surface area contributed by atoms with Crippen LogP contribution in [0.5, 0.6) is 0 Å². The number of fused-ring (bicyclic) bond motifs is 6. The van der Waals surface area contributed by atoms with Gasteiger partial charge in [0.25, 0.3) is 0 Å². The van der Waals surface area contributed by atoms with Crippen molar-refractivity contribution in [2.24, 2.45) is 0 Å². The van der Waals surface area contributed by atoms with Crippen molar-refractivity contribution in [1.82, 2.24) is 37.4 Å². The van der Waals surface area contributed by atoms with Crippen LogP contribution in [0.3, 0.4) is 0 Å². The second kappa shape index (κ2) is 5.26. The highest BCUT2D eigenvalue weighted by Crippen LogP contribution is 2.24. The summed E-state index contributed by atoms with van der Waals surface area (Å²) < 4.78 is 15.0. The van der Waals surface area contributed by atoms with Gasteiger partial charge in [0.1, 0.15) is 33.7 Å². The summed E-state index contributed by atoms with van der Waals surface area (Å²) in [6, 6.07) is 7.93. The van der Waals surface area contributed by atoms with E-state index in [0.29, 0.717) is 12.8 Å². The molecule has 0 aliphatic carbocycles. The largest absolute Gasteiger partial charge is 0.293 e. The number of H-pyrrole nitrogens is 2. The van der Waals surface area contributed by atoms with E-state index in [1.54, 1.807) is 0 Å². The number of nitrogens with one attached hydrogen (secondary N) is 2. The van der Waals surface area contributed by atoms with Crippen molar-refractivity contribution in [1.29, 1.82) is 0 Å². The molecule has 0 bridgehead atoms. The van der Waals surface area contributed by atoms with Crippen LogP contribution in [-0.4, -0.2) is 37.4 Å². The number of nitrogens with zero attached hydrogens (tertiary/aromatic N) is 6. The van der Waals surface area contributed by atoms with Gasteiger partial charge in [-0.25, -0.2) is 19.9 Å². The molecule has 2 N–H and O–H groups in total. The van der Waals surface area contributed by atoms with Gasteiger partial charge in [0.05, 0.1) is 22.1 Å². The van der Waals surface area contributed by atoms with Crippen LogP contribution in [-0.2, 0) is 12.8 Å². The minimum atomic E-state index is 0.687. The number of hydrogen-bond acceptors (Lipinski definition) is 8. The van der Waals surface area contributed by atoms with Crippen molar-refractivity contribution >= 4 is 67.6 Å². The van der Waals surface area contributed by atoms with Crippen molar-refractivity contribution in [3.8, 4) is 0 Å². The number of hydrogen-bond donors (Lipinski definition) is 2. The molecule has 4 aromatic heterocycles. The fourth-order valence-electron chi connectivity index (χ4n) is 3.16. The van der Waals surface area contributed by atoms with Crippen LogP contribution in [0.4, 0.5) is 0 Å². The molecule has 8 nitrogen and oxygen atoms in total. The van der Waals surface area contributed by atoms with Crippen LogP contribution in [0.25, 0.3) is 44.1 Å². The smallest absolute Gasteiger partial charge is 0.130 e. The fraction of sp³-hybridized carbons (Fsp3) is 0.125. The van der Waals surface area contributed by atoms with Crippen molar-refractivity contribution in [2.45, 2.75) is 12.8 Å². The first-order valence-corrected chi connectivity index (χ1v) is 9.58. The van der Waals surface area contributed by atoms with Crippen LogP contribution in [0.1, 0.15) is 11.6 Å². The first kappa shape index (κ1) is 14.2. The van der Waals surface area contributed by atoms with Crippen molar-refractivity contribution in [3.05, 3.63) is 35.9 Å². The molecular formula is C16H10N8S2. The van der Waals surface area contributed by atoms with Gasteiger partial charge >= 0.3 is 0 Å². The van der Waals surface area contributed by atoms with Gasteiger partial charge in [0.2, 0.25) is 0 Å². The average Bonchev–Trinajstić information content (AvgIpc) is 3.43. The Hall–Kier alpha value is -2.98.